The van der Waals surface area contributed by atoms with E-state index in [0.29, 0.717) is 0 Å². The first-order valence-electron chi connectivity index (χ1n) is 4.43. The van der Waals surface area contributed by atoms with Gasteiger partial charge in [-0.3, -0.25) is 0 Å². The molecule has 0 N–H and O–H groups in total. The molecule has 2 heteroatoms. The second-order valence-corrected chi connectivity index (χ2v) is 10.3. The molecule has 0 spiro atoms. The van der Waals surface area contributed by atoms with Gasteiger partial charge in [0.15, 0.2) is 0 Å². The van der Waals surface area contributed by atoms with Gasteiger partial charge in [-0.05, 0) is 0 Å². The molecule has 0 aromatic carbocycles. The Hall–Kier alpha value is 0.596. The first-order chi connectivity index (χ1) is 4.70. The zero-order chi connectivity index (χ0) is 7.98. The molecule has 0 heterocycles. The molecule has 0 aliphatic rings. The van der Waals surface area contributed by atoms with Gasteiger partial charge in [0, 0.05) is 0 Å². The maximum absolute atomic E-state index is 2.52. The third-order valence-electron chi connectivity index (χ3n) is 1.92. The fraction of sp³-hybridized carbons (Fsp3) is 1.00. The molecule has 0 amide bonds. The van der Waals surface area contributed by atoms with Crippen LogP contribution < -0.4 is 0 Å². The monoisotopic (exact) mass is 199 g/mol. The van der Waals surface area contributed by atoms with Crippen LogP contribution in [0.25, 0.3) is 0 Å². The van der Waals surface area contributed by atoms with Crippen LogP contribution in [0.2, 0.25) is 15.9 Å². The molecule has 0 aliphatic carbocycles. The molecular formula is C8H20GaN. The van der Waals surface area contributed by atoms with Crippen LogP contribution >= 0.6 is 0 Å². The van der Waals surface area contributed by atoms with E-state index in [4.69, 9.17) is 0 Å². The summed E-state index contributed by atoms with van der Waals surface area (Å²) in [6.07, 6.45) is 0. The van der Waals surface area contributed by atoms with Crippen LogP contribution in [0.1, 0.15) is 13.8 Å². The third kappa shape index (κ3) is 5.39. The fourth-order valence-electron chi connectivity index (χ4n) is 0.981. The van der Waals surface area contributed by atoms with Gasteiger partial charge in [0.25, 0.3) is 0 Å². The molecule has 0 aliphatic heterocycles. The van der Waals surface area contributed by atoms with Crippen LogP contribution in [0, 0.1) is 0 Å². The summed E-state index contributed by atoms with van der Waals surface area (Å²) in [5.41, 5.74) is 4.94. The molecule has 0 radical (unpaired) electrons. The summed E-state index contributed by atoms with van der Waals surface area (Å²) in [6.45, 7) is 8.30. The Balaban J connectivity index is 3.26. The van der Waals surface area contributed by atoms with E-state index in [1.165, 1.54) is 24.6 Å². The zero-order valence-electron chi connectivity index (χ0n) is 7.85. The third-order valence-corrected chi connectivity index (χ3v) is 4.88. The Morgan fingerprint density at radius 3 is 1.90 bits per heavy atom. The topological polar surface area (TPSA) is 3.24 Å². The van der Waals surface area contributed by atoms with E-state index in [0.717, 1.165) is 0 Å². The molecule has 10 heavy (non-hydrogen) atoms. The molecule has 0 saturated carbocycles. The molecule has 0 saturated heterocycles. The Labute approximate surface area is 70.8 Å². The summed E-state index contributed by atoms with van der Waals surface area (Å²) in [6, 6.07) is 0. The Bertz CT molecular complexity index is 69.7. The van der Waals surface area contributed by atoms with Crippen LogP contribution in [0.15, 0.2) is 0 Å². The van der Waals surface area contributed by atoms with Gasteiger partial charge < -0.3 is 0 Å². The van der Waals surface area contributed by atoms with E-state index in [1.54, 1.807) is 0 Å². The second kappa shape index (κ2) is 6.32. The standard InChI is InChI=1S/C6H14N.2CH3.Ga/c1-4-7(5-2)6-3;;;/h1,4-6H2,2-3H3;2*1H3;. The van der Waals surface area contributed by atoms with Gasteiger partial charge in [0.2, 0.25) is 0 Å². The Kier molecular flexibility index (Phi) is 6.69. The average Bonchev–Trinajstić information content (AvgIpc) is 1.90. The van der Waals surface area contributed by atoms with Crippen LogP contribution in [0.3, 0.4) is 0 Å². The van der Waals surface area contributed by atoms with Crippen LogP contribution in [0.5, 0.6) is 0 Å². The normalized spacial score (nSPS) is 10.5. The Morgan fingerprint density at radius 2 is 1.60 bits per heavy atom. The summed E-state index contributed by atoms with van der Waals surface area (Å²) >= 11 is -0.697. The van der Waals surface area contributed by atoms with Crippen molar-refractivity contribution in [2.45, 2.75) is 29.8 Å². The first kappa shape index (κ1) is 10.6. The first-order valence-corrected chi connectivity index (χ1v) is 11.0. The summed E-state index contributed by atoms with van der Waals surface area (Å²) in [5.74, 6) is 0. The molecular weight excluding hydrogens is 180 g/mol. The SMILES string of the molecule is CCN(CC)C[CH2][Ga]([CH3])[CH3]. The van der Waals surface area contributed by atoms with Crippen molar-refractivity contribution in [1.82, 2.24) is 4.90 Å². The van der Waals surface area contributed by atoms with Crippen molar-refractivity contribution >= 4 is 16.2 Å². The number of nitrogens with zero attached hydrogens (tertiary/aromatic N) is 1. The van der Waals surface area contributed by atoms with E-state index in [1.807, 2.05) is 0 Å². The predicted octanol–water partition coefficient (Wildman–Crippen LogP) is 2.08. The van der Waals surface area contributed by atoms with Crippen molar-refractivity contribution in [3.05, 3.63) is 0 Å². The summed E-state index contributed by atoms with van der Waals surface area (Å²) in [4.78, 5) is 4.04. The van der Waals surface area contributed by atoms with Crippen LogP contribution in [0.4, 0.5) is 0 Å². The zero-order valence-corrected chi connectivity index (χ0v) is 10.3. The van der Waals surface area contributed by atoms with E-state index >= 15 is 0 Å². The van der Waals surface area contributed by atoms with Crippen molar-refractivity contribution in [2.24, 2.45) is 0 Å². The van der Waals surface area contributed by atoms with Crippen molar-refractivity contribution in [3.63, 3.8) is 0 Å². The van der Waals surface area contributed by atoms with E-state index in [9.17, 15) is 0 Å². The van der Waals surface area contributed by atoms with Gasteiger partial charge in [0.1, 0.15) is 0 Å². The summed E-state index contributed by atoms with van der Waals surface area (Å²) < 4.78 is 0. The average molecular weight is 200 g/mol. The molecule has 0 atom stereocenters. The van der Waals surface area contributed by atoms with E-state index in [2.05, 4.69) is 29.7 Å². The number of rotatable bonds is 5. The molecule has 0 rings (SSSR count). The van der Waals surface area contributed by atoms with Gasteiger partial charge in [-0.15, -0.1) is 0 Å². The van der Waals surface area contributed by atoms with Crippen molar-refractivity contribution in [1.29, 1.82) is 0 Å². The molecule has 0 fully saturated rings. The van der Waals surface area contributed by atoms with Crippen molar-refractivity contribution in [3.8, 4) is 0 Å². The van der Waals surface area contributed by atoms with Gasteiger partial charge in [0.05, 0.1) is 0 Å². The number of hydrogen-bond donors (Lipinski definition) is 0. The Morgan fingerprint density at radius 1 is 1.10 bits per heavy atom. The summed E-state index contributed by atoms with van der Waals surface area (Å²) in [5, 5.41) is 0. The molecule has 0 unspecified atom stereocenters. The minimum atomic E-state index is -0.697. The molecule has 0 aromatic rings. The van der Waals surface area contributed by atoms with Crippen molar-refractivity contribution < 1.29 is 0 Å². The molecule has 60 valence electrons. The number of hydrogen-bond acceptors (Lipinski definition) is 1. The maximum atomic E-state index is 2.52. The van der Waals surface area contributed by atoms with Gasteiger partial charge in [-0.1, -0.05) is 0 Å². The summed E-state index contributed by atoms with van der Waals surface area (Å²) in [7, 11) is 0. The van der Waals surface area contributed by atoms with Crippen LogP contribution in [-0.2, 0) is 0 Å². The quantitative estimate of drug-likeness (QED) is 0.614. The second-order valence-electron chi connectivity index (χ2n) is 3.21. The fourth-order valence-corrected chi connectivity index (χ4v) is 2.83. The van der Waals surface area contributed by atoms with Gasteiger partial charge in [-0.25, -0.2) is 0 Å². The minimum absolute atomic E-state index is 0.697. The van der Waals surface area contributed by atoms with Crippen molar-refractivity contribution in [2.75, 3.05) is 19.6 Å². The predicted molar refractivity (Wildman–Crippen MR) is 50.1 cm³/mol. The van der Waals surface area contributed by atoms with Crippen LogP contribution in [-0.4, -0.2) is 40.8 Å². The van der Waals surface area contributed by atoms with Gasteiger partial charge in [-0.2, -0.15) is 0 Å². The van der Waals surface area contributed by atoms with E-state index in [-0.39, 0.29) is 0 Å². The van der Waals surface area contributed by atoms with Gasteiger partial charge >= 0.3 is 70.5 Å². The molecule has 0 aromatic heterocycles. The molecule has 1 nitrogen and oxygen atoms in total. The molecule has 0 bridgehead atoms. The van der Waals surface area contributed by atoms with E-state index < -0.39 is 16.2 Å².